The van der Waals surface area contributed by atoms with Crippen molar-refractivity contribution in [1.29, 1.82) is 0 Å². The molecule has 4 rings (SSSR count). The third-order valence-electron chi connectivity index (χ3n) is 4.61. The molecule has 33 heavy (non-hydrogen) atoms. The van der Waals surface area contributed by atoms with Gasteiger partial charge in [-0.25, -0.2) is 4.98 Å². The SMILES string of the molecule is CNC(=O)c1ccc(Nc2ncc(-c3nnco3)c(N)n2)cc1C.OCCc1ccccc1. The maximum absolute atomic E-state index is 11.7. The summed E-state index contributed by atoms with van der Waals surface area (Å²) in [4.78, 5) is 20.1. The second-order valence-electron chi connectivity index (χ2n) is 6.93. The second kappa shape index (κ2) is 11.3. The highest BCUT2D eigenvalue weighted by Crippen LogP contribution is 2.24. The highest BCUT2D eigenvalue weighted by Gasteiger charge is 2.12. The quantitative estimate of drug-likeness (QED) is 0.349. The van der Waals surface area contributed by atoms with E-state index >= 15 is 0 Å². The van der Waals surface area contributed by atoms with E-state index < -0.39 is 0 Å². The molecule has 0 unspecified atom stereocenters. The smallest absolute Gasteiger partial charge is 0.252 e. The number of aliphatic hydroxyl groups excluding tert-OH is 1. The molecule has 5 N–H and O–H groups in total. The molecule has 1 amide bonds. The number of carbonyl (C=O) groups is 1. The molecule has 170 valence electrons. The number of benzene rings is 2. The van der Waals surface area contributed by atoms with E-state index in [9.17, 15) is 4.79 Å². The highest BCUT2D eigenvalue weighted by molar-refractivity contribution is 5.95. The van der Waals surface area contributed by atoms with Crippen LogP contribution in [0.1, 0.15) is 21.5 Å². The Hall–Kier alpha value is -4.31. The van der Waals surface area contributed by atoms with E-state index in [1.807, 2.05) is 43.3 Å². The summed E-state index contributed by atoms with van der Waals surface area (Å²) in [5.41, 5.74) is 9.74. The first kappa shape index (κ1) is 23.4. The molecule has 4 aromatic rings. The van der Waals surface area contributed by atoms with E-state index in [1.165, 1.54) is 18.2 Å². The summed E-state index contributed by atoms with van der Waals surface area (Å²) in [6, 6.07) is 15.3. The molecule has 0 bridgehead atoms. The van der Waals surface area contributed by atoms with Crippen LogP contribution in [0.3, 0.4) is 0 Å². The number of carbonyl (C=O) groups excluding carboxylic acids is 1. The Morgan fingerprint density at radius 2 is 1.97 bits per heavy atom. The van der Waals surface area contributed by atoms with Gasteiger partial charge in [0.1, 0.15) is 5.82 Å². The van der Waals surface area contributed by atoms with Crippen LogP contribution < -0.4 is 16.4 Å². The lowest BCUT2D eigenvalue weighted by Crippen LogP contribution is -2.18. The summed E-state index contributed by atoms with van der Waals surface area (Å²) in [5.74, 6) is 0.659. The highest BCUT2D eigenvalue weighted by atomic mass is 16.4. The minimum absolute atomic E-state index is 0.136. The summed E-state index contributed by atoms with van der Waals surface area (Å²) in [5, 5.41) is 21.5. The molecule has 0 aliphatic carbocycles. The van der Waals surface area contributed by atoms with Crippen LogP contribution in [-0.4, -0.2) is 44.8 Å². The van der Waals surface area contributed by atoms with Crippen molar-refractivity contribution in [3.8, 4) is 11.5 Å². The summed E-state index contributed by atoms with van der Waals surface area (Å²) in [6.07, 6.45) is 3.47. The van der Waals surface area contributed by atoms with Gasteiger partial charge < -0.3 is 25.9 Å². The second-order valence-corrected chi connectivity index (χ2v) is 6.93. The van der Waals surface area contributed by atoms with Crippen LogP contribution in [0, 0.1) is 6.92 Å². The average Bonchev–Trinajstić information content (AvgIpc) is 3.35. The Morgan fingerprint density at radius 1 is 1.18 bits per heavy atom. The molecule has 0 saturated heterocycles. The lowest BCUT2D eigenvalue weighted by Gasteiger charge is -2.09. The molecule has 0 aliphatic heterocycles. The van der Waals surface area contributed by atoms with Crippen LogP contribution >= 0.6 is 0 Å². The molecule has 10 heteroatoms. The summed E-state index contributed by atoms with van der Waals surface area (Å²) < 4.78 is 5.08. The first-order chi connectivity index (χ1) is 16.0. The van der Waals surface area contributed by atoms with Gasteiger partial charge in [-0.2, -0.15) is 4.98 Å². The first-order valence-electron chi connectivity index (χ1n) is 10.2. The Kier molecular flexibility index (Phi) is 8.03. The number of nitrogen functional groups attached to an aromatic ring is 1. The van der Waals surface area contributed by atoms with Gasteiger partial charge in [0.25, 0.3) is 11.8 Å². The summed E-state index contributed by atoms with van der Waals surface area (Å²) in [6.45, 7) is 2.09. The predicted octanol–water partition coefficient (Wildman–Crippen LogP) is 2.74. The zero-order chi connectivity index (χ0) is 23.6. The molecule has 2 aromatic heterocycles. The lowest BCUT2D eigenvalue weighted by atomic mass is 10.1. The number of aromatic nitrogens is 4. The van der Waals surface area contributed by atoms with Crippen molar-refractivity contribution in [1.82, 2.24) is 25.5 Å². The molecule has 0 aliphatic rings. The number of aryl methyl sites for hydroxylation is 1. The van der Waals surface area contributed by atoms with Gasteiger partial charge in [0.05, 0.1) is 5.56 Å². The van der Waals surface area contributed by atoms with Gasteiger partial charge in [0.2, 0.25) is 12.3 Å². The molecule has 0 atom stereocenters. The number of aliphatic hydroxyl groups is 1. The van der Waals surface area contributed by atoms with E-state index in [2.05, 4.69) is 30.8 Å². The lowest BCUT2D eigenvalue weighted by molar-refractivity contribution is 0.0962. The van der Waals surface area contributed by atoms with Crippen LogP contribution in [0.15, 0.2) is 65.5 Å². The Bertz CT molecular complexity index is 1180. The van der Waals surface area contributed by atoms with Gasteiger partial charge in [0.15, 0.2) is 0 Å². The van der Waals surface area contributed by atoms with E-state index in [0.29, 0.717) is 17.1 Å². The average molecular weight is 447 g/mol. The Balaban J connectivity index is 0.000000286. The normalized spacial score (nSPS) is 10.2. The van der Waals surface area contributed by atoms with Crippen molar-refractivity contribution in [2.45, 2.75) is 13.3 Å². The van der Waals surface area contributed by atoms with Crippen molar-refractivity contribution in [2.24, 2.45) is 0 Å². The maximum Gasteiger partial charge on any atom is 0.252 e. The fraction of sp³-hybridized carbons (Fsp3) is 0.174. The number of amides is 1. The standard InChI is InChI=1S/C15H15N7O2.C8H10O/c1-8-5-9(3-4-10(8)13(23)17-2)20-15-18-6-11(12(16)21-15)14-22-19-7-24-14;9-7-6-8-4-2-1-3-5-8/h3-7H,1-2H3,(H,17,23)(H3,16,18,20,21);1-5,9H,6-7H2. The minimum Gasteiger partial charge on any atom is -0.423 e. The van der Waals surface area contributed by atoms with E-state index in [-0.39, 0.29) is 24.2 Å². The molecular formula is C23H25N7O3. The number of hydrogen-bond acceptors (Lipinski definition) is 9. The fourth-order valence-electron chi connectivity index (χ4n) is 2.94. The van der Waals surface area contributed by atoms with Crippen LogP contribution in [-0.2, 0) is 6.42 Å². The molecule has 0 radical (unpaired) electrons. The van der Waals surface area contributed by atoms with Crippen LogP contribution in [0.2, 0.25) is 0 Å². The fourth-order valence-corrected chi connectivity index (χ4v) is 2.94. The van der Waals surface area contributed by atoms with Crippen molar-refractivity contribution in [3.63, 3.8) is 0 Å². The van der Waals surface area contributed by atoms with Crippen molar-refractivity contribution < 1.29 is 14.3 Å². The van der Waals surface area contributed by atoms with Crippen LogP contribution in [0.4, 0.5) is 17.5 Å². The number of hydrogen-bond donors (Lipinski definition) is 4. The molecule has 2 aromatic carbocycles. The number of nitrogens with one attached hydrogen (secondary N) is 2. The van der Waals surface area contributed by atoms with Gasteiger partial charge in [0, 0.05) is 31.1 Å². The van der Waals surface area contributed by atoms with Crippen LogP contribution in [0.5, 0.6) is 0 Å². The van der Waals surface area contributed by atoms with Gasteiger partial charge in [-0.1, -0.05) is 30.3 Å². The maximum atomic E-state index is 11.7. The molecule has 0 fully saturated rings. The van der Waals surface area contributed by atoms with Gasteiger partial charge in [-0.15, -0.1) is 10.2 Å². The zero-order valence-corrected chi connectivity index (χ0v) is 18.3. The molecule has 0 spiro atoms. The monoisotopic (exact) mass is 447 g/mol. The van der Waals surface area contributed by atoms with Crippen molar-refractivity contribution in [3.05, 3.63) is 77.8 Å². The van der Waals surface area contributed by atoms with E-state index in [4.69, 9.17) is 15.3 Å². The first-order valence-corrected chi connectivity index (χ1v) is 10.2. The largest absolute Gasteiger partial charge is 0.423 e. The summed E-state index contributed by atoms with van der Waals surface area (Å²) in [7, 11) is 1.59. The van der Waals surface area contributed by atoms with Gasteiger partial charge in [-0.05, 0) is 42.7 Å². The topological polar surface area (TPSA) is 152 Å². The summed E-state index contributed by atoms with van der Waals surface area (Å²) >= 11 is 0. The Morgan fingerprint density at radius 3 is 2.58 bits per heavy atom. The Labute approximate surface area is 190 Å². The number of rotatable bonds is 6. The third-order valence-corrected chi connectivity index (χ3v) is 4.61. The third kappa shape index (κ3) is 6.34. The van der Waals surface area contributed by atoms with Crippen molar-refractivity contribution >= 4 is 23.4 Å². The van der Waals surface area contributed by atoms with E-state index in [0.717, 1.165) is 17.7 Å². The molecular weight excluding hydrogens is 422 g/mol. The molecule has 2 heterocycles. The molecule has 0 saturated carbocycles. The van der Waals surface area contributed by atoms with Gasteiger partial charge >= 0.3 is 0 Å². The van der Waals surface area contributed by atoms with E-state index in [1.54, 1.807) is 19.2 Å². The number of nitrogens with zero attached hydrogens (tertiary/aromatic N) is 4. The zero-order valence-electron chi connectivity index (χ0n) is 18.3. The van der Waals surface area contributed by atoms with Crippen molar-refractivity contribution in [2.75, 3.05) is 24.7 Å². The van der Waals surface area contributed by atoms with Gasteiger partial charge in [-0.3, -0.25) is 4.79 Å². The number of nitrogens with two attached hydrogens (primary N) is 1. The molecule has 10 nitrogen and oxygen atoms in total. The van der Waals surface area contributed by atoms with Crippen LogP contribution in [0.25, 0.3) is 11.5 Å². The predicted molar refractivity (Wildman–Crippen MR) is 125 cm³/mol. The minimum atomic E-state index is -0.136. The number of anilines is 3.